The van der Waals surface area contributed by atoms with Gasteiger partial charge in [-0.2, -0.15) is 0 Å². The molecule has 0 amide bonds. The Balaban J connectivity index is 2.37. The van der Waals surface area contributed by atoms with Crippen LogP contribution in [-0.4, -0.2) is 0 Å². The van der Waals surface area contributed by atoms with Gasteiger partial charge in [0.05, 0.1) is 0 Å². The highest BCUT2D eigenvalue weighted by Gasteiger charge is 2.15. The van der Waals surface area contributed by atoms with Crippen LogP contribution in [0, 0.1) is 5.82 Å². The van der Waals surface area contributed by atoms with Crippen molar-refractivity contribution >= 4 is 17.4 Å². The molecule has 0 aromatic heterocycles. The first-order chi connectivity index (χ1) is 8.58. The van der Waals surface area contributed by atoms with Crippen LogP contribution in [0.5, 0.6) is 0 Å². The molecule has 1 nitrogen and oxygen atoms in total. The quantitative estimate of drug-likeness (QED) is 0.830. The summed E-state index contributed by atoms with van der Waals surface area (Å²) in [6, 6.07) is 10.3. The summed E-state index contributed by atoms with van der Waals surface area (Å²) in [6.45, 7) is 0. The number of alkyl halides is 2. The lowest BCUT2D eigenvalue weighted by atomic mass is 10.2. The molecule has 0 saturated heterocycles. The summed E-state index contributed by atoms with van der Waals surface area (Å²) < 4.78 is 39.2. The van der Waals surface area contributed by atoms with Crippen LogP contribution >= 0.6 is 11.8 Å². The van der Waals surface area contributed by atoms with Gasteiger partial charge in [-0.05, 0) is 30.3 Å². The Morgan fingerprint density at radius 3 is 2.39 bits per heavy atom. The molecular weight excluding hydrogens is 259 g/mol. The molecule has 0 heterocycles. The first-order valence-electron chi connectivity index (χ1n) is 5.18. The van der Waals surface area contributed by atoms with Crippen molar-refractivity contribution in [3.63, 3.8) is 0 Å². The molecule has 5 heteroatoms. The summed E-state index contributed by atoms with van der Waals surface area (Å²) in [5, 5.41) is 0. The van der Waals surface area contributed by atoms with Gasteiger partial charge in [0.15, 0.2) is 0 Å². The van der Waals surface area contributed by atoms with Crippen molar-refractivity contribution in [1.29, 1.82) is 0 Å². The van der Waals surface area contributed by atoms with Crippen molar-refractivity contribution in [2.24, 2.45) is 0 Å². The highest BCUT2D eigenvalue weighted by Crippen LogP contribution is 2.37. The van der Waals surface area contributed by atoms with Crippen LogP contribution < -0.4 is 5.73 Å². The van der Waals surface area contributed by atoms with Crippen molar-refractivity contribution < 1.29 is 13.2 Å². The smallest absolute Gasteiger partial charge is 0.265 e. The Morgan fingerprint density at radius 1 is 1.00 bits per heavy atom. The first kappa shape index (κ1) is 12.8. The number of halogens is 3. The fraction of sp³-hybridized carbons (Fsp3) is 0.0769. The molecule has 0 unspecified atom stereocenters. The second-order valence-corrected chi connectivity index (χ2v) is 4.71. The van der Waals surface area contributed by atoms with Gasteiger partial charge >= 0.3 is 0 Å². The third-order valence-corrected chi connectivity index (χ3v) is 3.47. The SMILES string of the molecule is Nc1ccc(Sc2ccccc2F)c(C(F)F)c1. The summed E-state index contributed by atoms with van der Waals surface area (Å²) in [6.07, 6.45) is -2.64. The van der Waals surface area contributed by atoms with Crippen LogP contribution in [0.3, 0.4) is 0 Å². The third kappa shape index (κ3) is 2.79. The number of nitrogen functional groups attached to an aromatic ring is 1. The lowest BCUT2D eigenvalue weighted by Crippen LogP contribution is -1.93. The molecule has 0 aliphatic rings. The molecule has 0 radical (unpaired) electrons. The number of hydrogen-bond donors (Lipinski definition) is 1. The second-order valence-electron chi connectivity index (χ2n) is 3.63. The molecule has 2 N–H and O–H groups in total. The van der Waals surface area contributed by atoms with E-state index >= 15 is 0 Å². The summed E-state index contributed by atoms with van der Waals surface area (Å²) >= 11 is 0.967. The van der Waals surface area contributed by atoms with Crippen molar-refractivity contribution in [2.45, 2.75) is 16.2 Å². The Bertz CT molecular complexity index is 558. The highest BCUT2D eigenvalue weighted by atomic mass is 32.2. The van der Waals surface area contributed by atoms with Crippen molar-refractivity contribution in [3.05, 3.63) is 53.8 Å². The van der Waals surface area contributed by atoms with Crippen LogP contribution in [0.25, 0.3) is 0 Å². The summed E-state index contributed by atoms with van der Waals surface area (Å²) in [4.78, 5) is 0.619. The first-order valence-corrected chi connectivity index (χ1v) is 5.99. The normalized spacial score (nSPS) is 10.9. The van der Waals surface area contributed by atoms with E-state index < -0.39 is 12.2 Å². The van der Waals surface area contributed by atoms with E-state index in [4.69, 9.17) is 5.73 Å². The lowest BCUT2D eigenvalue weighted by molar-refractivity contribution is 0.148. The monoisotopic (exact) mass is 269 g/mol. The molecule has 0 aliphatic heterocycles. The fourth-order valence-electron chi connectivity index (χ4n) is 1.48. The largest absolute Gasteiger partial charge is 0.399 e. The zero-order valence-electron chi connectivity index (χ0n) is 9.24. The minimum absolute atomic E-state index is 0.178. The van der Waals surface area contributed by atoms with E-state index in [1.54, 1.807) is 18.2 Å². The zero-order valence-corrected chi connectivity index (χ0v) is 10.1. The van der Waals surface area contributed by atoms with Gasteiger partial charge in [0.1, 0.15) is 5.82 Å². The van der Waals surface area contributed by atoms with E-state index in [-0.39, 0.29) is 11.3 Å². The molecule has 0 spiro atoms. The van der Waals surface area contributed by atoms with E-state index in [2.05, 4.69) is 0 Å². The van der Waals surface area contributed by atoms with Gasteiger partial charge in [-0.3, -0.25) is 0 Å². The maximum atomic E-state index is 13.5. The van der Waals surface area contributed by atoms with Crippen LogP contribution in [0.2, 0.25) is 0 Å². The van der Waals surface area contributed by atoms with Crippen LogP contribution in [0.4, 0.5) is 18.9 Å². The number of anilines is 1. The minimum Gasteiger partial charge on any atom is -0.399 e. The zero-order chi connectivity index (χ0) is 13.1. The van der Waals surface area contributed by atoms with Gasteiger partial charge < -0.3 is 5.73 Å². The molecule has 0 saturated carbocycles. The molecule has 0 atom stereocenters. The summed E-state index contributed by atoms with van der Waals surface area (Å²) in [7, 11) is 0. The molecule has 0 aliphatic carbocycles. The van der Waals surface area contributed by atoms with E-state index in [1.807, 2.05) is 0 Å². The van der Waals surface area contributed by atoms with Gasteiger partial charge in [0.2, 0.25) is 0 Å². The van der Waals surface area contributed by atoms with Gasteiger partial charge in [-0.1, -0.05) is 23.9 Å². The minimum atomic E-state index is -2.64. The second kappa shape index (κ2) is 5.35. The maximum Gasteiger partial charge on any atom is 0.265 e. The van der Waals surface area contributed by atoms with Gasteiger partial charge in [-0.25, -0.2) is 13.2 Å². The topological polar surface area (TPSA) is 26.0 Å². The Morgan fingerprint density at radius 2 is 1.72 bits per heavy atom. The number of rotatable bonds is 3. The van der Waals surface area contributed by atoms with Crippen molar-refractivity contribution in [3.8, 4) is 0 Å². The van der Waals surface area contributed by atoms with Crippen LogP contribution in [0.1, 0.15) is 12.0 Å². The molecular formula is C13H10F3NS. The molecule has 0 fully saturated rings. The van der Waals surface area contributed by atoms with E-state index in [0.717, 1.165) is 11.8 Å². The fourth-order valence-corrected chi connectivity index (χ4v) is 2.43. The molecule has 2 rings (SSSR count). The van der Waals surface area contributed by atoms with Crippen LogP contribution in [-0.2, 0) is 0 Å². The molecule has 2 aromatic rings. The predicted octanol–water partition coefficient (Wildman–Crippen LogP) is 4.50. The molecule has 18 heavy (non-hydrogen) atoms. The summed E-state index contributed by atoms with van der Waals surface area (Å²) in [5.41, 5.74) is 5.56. The average Bonchev–Trinajstić information content (AvgIpc) is 2.34. The Labute approximate surface area is 107 Å². The number of hydrogen-bond acceptors (Lipinski definition) is 2. The Kier molecular flexibility index (Phi) is 3.81. The van der Waals surface area contributed by atoms with Gasteiger partial charge in [-0.15, -0.1) is 0 Å². The highest BCUT2D eigenvalue weighted by molar-refractivity contribution is 7.99. The van der Waals surface area contributed by atoms with E-state index in [0.29, 0.717) is 9.79 Å². The standard InChI is InChI=1S/C13H10F3NS/c14-10-3-1-2-4-12(10)18-11-6-5-8(17)7-9(11)13(15)16/h1-7,13H,17H2. The maximum absolute atomic E-state index is 13.5. The van der Waals surface area contributed by atoms with Gasteiger partial charge in [0, 0.05) is 21.0 Å². The van der Waals surface area contributed by atoms with Crippen molar-refractivity contribution in [2.75, 3.05) is 5.73 Å². The average molecular weight is 269 g/mol. The van der Waals surface area contributed by atoms with Gasteiger partial charge in [0.25, 0.3) is 6.43 Å². The van der Waals surface area contributed by atoms with E-state index in [9.17, 15) is 13.2 Å². The third-order valence-electron chi connectivity index (χ3n) is 2.33. The van der Waals surface area contributed by atoms with Crippen molar-refractivity contribution in [1.82, 2.24) is 0 Å². The predicted molar refractivity (Wildman–Crippen MR) is 66.3 cm³/mol. The molecule has 2 aromatic carbocycles. The summed E-state index contributed by atoms with van der Waals surface area (Å²) in [5.74, 6) is -0.431. The number of benzene rings is 2. The lowest BCUT2D eigenvalue weighted by Gasteiger charge is -2.09. The molecule has 94 valence electrons. The van der Waals surface area contributed by atoms with E-state index in [1.165, 1.54) is 24.3 Å². The van der Waals surface area contributed by atoms with Crippen LogP contribution in [0.15, 0.2) is 52.3 Å². The number of nitrogens with two attached hydrogens (primary N) is 1. The molecule has 0 bridgehead atoms. The Hall–Kier alpha value is -1.62.